The van der Waals surface area contributed by atoms with Crippen LogP contribution in [0.3, 0.4) is 0 Å². The van der Waals surface area contributed by atoms with Gasteiger partial charge in [-0.25, -0.2) is 4.98 Å². The summed E-state index contributed by atoms with van der Waals surface area (Å²) in [4.78, 5) is 21.2. The lowest BCUT2D eigenvalue weighted by atomic mass is 10.2. The molecule has 0 spiro atoms. The number of fused-ring (bicyclic) bond motifs is 1. The van der Waals surface area contributed by atoms with E-state index in [1.54, 1.807) is 11.1 Å². The van der Waals surface area contributed by atoms with Crippen molar-refractivity contribution in [3.63, 3.8) is 0 Å². The standard InChI is InChI=1S/C14H15N3O2/c1-10-8-15-13(16-10)14(18)17-6-7-19-12-5-3-2-4-11(12)9-17/h2-5,8H,6-7,9H2,1H3,(H,15,16). The molecule has 3 rings (SSSR count). The minimum atomic E-state index is -0.0894. The number of ether oxygens (including phenoxy) is 1. The molecule has 19 heavy (non-hydrogen) atoms. The molecule has 1 aromatic heterocycles. The molecule has 2 aromatic rings. The first-order valence-electron chi connectivity index (χ1n) is 6.25. The molecule has 1 aliphatic heterocycles. The summed E-state index contributed by atoms with van der Waals surface area (Å²) in [6, 6.07) is 7.80. The summed E-state index contributed by atoms with van der Waals surface area (Å²) in [6.07, 6.45) is 1.66. The summed E-state index contributed by atoms with van der Waals surface area (Å²) in [5.74, 6) is 1.15. The number of aromatic nitrogens is 2. The van der Waals surface area contributed by atoms with E-state index in [9.17, 15) is 4.79 Å². The van der Waals surface area contributed by atoms with Crippen molar-refractivity contribution in [2.75, 3.05) is 13.2 Å². The summed E-state index contributed by atoms with van der Waals surface area (Å²) in [5.41, 5.74) is 1.91. The third-order valence-corrected chi connectivity index (χ3v) is 3.15. The molecule has 5 heteroatoms. The maximum absolute atomic E-state index is 12.4. The van der Waals surface area contributed by atoms with E-state index in [0.29, 0.717) is 25.5 Å². The number of benzene rings is 1. The number of para-hydroxylation sites is 1. The highest BCUT2D eigenvalue weighted by Gasteiger charge is 2.22. The van der Waals surface area contributed by atoms with Gasteiger partial charge in [0.15, 0.2) is 5.82 Å². The van der Waals surface area contributed by atoms with Gasteiger partial charge in [0.25, 0.3) is 5.91 Å². The van der Waals surface area contributed by atoms with Crippen LogP contribution in [-0.4, -0.2) is 33.9 Å². The van der Waals surface area contributed by atoms with E-state index in [1.165, 1.54) is 0 Å². The summed E-state index contributed by atoms with van der Waals surface area (Å²) < 4.78 is 5.65. The van der Waals surface area contributed by atoms with Crippen molar-refractivity contribution in [2.24, 2.45) is 0 Å². The molecule has 1 aliphatic rings. The van der Waals surface area contributed by atoms with Crippen LogP contribution in [0, 0.1) is 6.92 Å². The zero-order chi connectivity index (χ0) is 13.2. The third-order valence-electron chi connectivity index (χ3n) is 3.15. The number of hydrogen-bond acceptors (Lipinski definition) is 3. The van der Waals surface area contributed by atoms with E-state index in [1.807, 2.05) is 31.2 Å². The maximum atomic E-state index is 12.4. The van der Waals surface area contributed by atoms with E-state index in [2.05, 4.69) is 9.97 Å². The SMILES string of the molecule is Cc1cnc(C(=O)N2CCOc3ccccc3C2)[nH]1. The summed E-state index contributed by atoms with van der Waals surface area (Å²) in [5, 5.41) is 0. The second-order valence-corrected chi connectivity index (χ2v) is 4.60. The monoisotopic (exact) mass is 257 g/mol. The first kappa shape index (κ1) is 11.8. The quantitative estimate of drug-likeness (QED) is 0.846. The summed E-state index contributed by atoms with van der Waals surface area (Å²) >= 11 is 0. The van der Waals surface area contributed by atoms with E-state index < -0.39 is 0 Å². The van der Waals surface area contributed by atoms with E-state index in [-0.39, 0.29) is 5.91 Å². The smallest absolute Gasteiger partial charge is 0.290 e. The van der Waals surface area contributed by atoms with Crippen LogP contribution < -0.4 is 4.74 Å². The van der Waals surface area contributed by atoms with Crippen molar-refractivity contribution in [3.05, 3.63) is 47.5 Å². The number of nitrogens with one attached hydrogen (secondary N) is 1. The molecule has 5 nitrogen and oxygen atoms in total. The number of carbonyl (C=O) groups excluding carboxylic acids is 1. The van der Waals surface area contributed by atoms with Crippen molar-refractivity contribution in [3.8, 4) is 5.75 Å². The Kier molecular flexibility index (Phi) is 2.95. The lowest BCUT2D eigenvalue weighted by molar-refractivity contribution is 0.0722. The molecular formula is C14H15N3O2. The number of carbonyl (C=O) groups is 1. The van der Waals surface area contributed by atoms with Gasteiger partial charge in [0, 0.05) is 24.0 Å². The number of hydrogen-bond donors (Lipinski definition) is 1. The van der Waals surface area contributed by atoms with Crippen molar-refractivity contribution < 1.29 is 9.53 Å². The number of H-pyrrole nitrogens is 1. The Morgan fingerprint density at radius 3 is 3.05 bits per heavy atom. The topological polar surface area (TPSA) is 58.2 Å². The van der Waals surface area contributed by atoms with Crippen LogP contribution in [0.2, 0.25) is 0 Å². The Bertz CT molecular complexity index is 606. The fraction of sp³-hybridized carbons (Fsp3) is 0.286. The Morgan fingerprint density at radius 2 is 2.26 bits per heavy atom. The molecule has 0 aliphatic carbocycles. The number of aryl methyl sites for hydroxylation is 1. The molecule has 1 aromatic carbocycles. The van der Waals surface area contributed by atoms with Crippen LogP contribution in [0.4, 0.5) is 0 Å². The Hall–Kier alpha value is -2.30. The van der Waals surface area contributed by atoms with Crippen LogP contribution in [0.5, 0.6) is 5.75 Å². The average Bonchev–Trinajstić information content (AvgIpc) is 2.74. The molecule has 0 fully saturated rings. The van der Waals surface area contributed by atoms with Crippen LogP contribution in [0.15, 0.2) is 30.5 Å². The van der Waals surface area contributed by atoms with Crippen LogP contribution >= 0.6 is 0 Å². The second-order valence-electron chi connectivity index (χ2n) is 4.60. The van der Waals surface area contributed by atoms with Crippen molar-refractivity contribution >= 4 is 5.91 Å². The van der Waals surface area contributed by atoms with Gasteiger partial charge in [0.2, 0.25) is 0 Å². The van der Waals surface area contributed by atoms with Gasteiger partial charge in [-0.2, -0.15) is 0 Å². The minimum absolute atomic E-state index is 0.0894. The van der Waals surface area contributed by atoms with Gasteiger partial charge in [-0.05, 0) is 13.0 Å². The molecule has 0 saturated carbocycles. The molecule has 0 radical (unpaired) electrons. The minimum Gasteiger partial charge on any atom is -0.491 e. The fourth-order valence-electron chi connectivity index (χ4n) is 2.17. The highest BCUT2D eigenvalue weighted by Crippen LogP contribution is 2.22. The lowest BCUT2D eigenvalue weighted by Gasteiger charge is -2.18. The highest BCUT2D eigenvalue weighted by molar-refractivity contribution is 5.90. The number of nitrogens with zero attached hydrogens (tertiary/aromatic N) is 2. The molecule has 0 atom stereocenters. The normalized spacial score (nSPS) is 14.5. The molecule has 2 heterocycles. The van der Waals surface area contributed by atoms with Crippen molar-refractivity contribution in [1.29, 1.82) is 0 Å². The van der Waals surface area contributed by atoms with Gasteiger partial charge >= 0.3 is 0 Å². The van der Waals surface area contributed by atoms with E-state index in [4.69, 9.17) is 4.74 Å². The zero-order valence-electron chi connectivity index (χ0n) is 10.7. The molecule has 0 saturated heterocycles. The summed E-state index contributed by atoms with van der Waals surface area (Å²) in [7, 11) is 0. The van der Waals surface area contributed by atoms with E-state index in [0.717, 1.165) is 17.0 Å². The van der Waals surface area contributed by atoms with Gasteiger partial charge in [0.05, 0.1) is 6.54 Å². The van der Waals surface area contributed by atoms with Crippen LogP contribution in [0.1, 0.15) is 21.9 Å². The molecule has 0 unspecified atom stereocenters. The van der Waals surface area contributed by atoms with Gasteiger partial charge in [-0.1, -0.05) is 18.2 Å². The largest absolute Gasteiger partial charge is 0.491 e. The number of aromatic amines is 1. The van der Waals surface area contributed by atoms with Crippen LogP contribution in [-0.2, 0) is 6.54 Å². The Morgan fingerprint density at radius 1 is 1.42 bits per heavy atom. The lowest BCUT2D eigenvalue weighted by Crippen LogP contribution is -2.33. The van der Waals surface area contributed by atoms with Crippen LogP contribution in [0.25, 0.3) is 0 Å². The number of imidazole rings is 1. The molecule has 98 valence electrons. The third kappa shape index (κ3) is 2.31. The number of amides is 1. The van der Waals surface area contributed by atoms with Gasteiger partial charge in [0.1, 0.15) is 12.4 Å². The Balaban J connectivity index is 1.84. The van der Waals surface area contributed by atoms with E-state index >= 15 is 0 Å². The molecule has 0 bridgehead atoms. The first-order valence-corrected chi connectivity index (χ1v) is 6.25. The second kappa shape index (κ2) is 4.76. The molecule has 1 amide bonds. The predicted octanol–water partition coefficient (Wildman–Crippen LogP) is 1.75. The molecule has 1 N–H and O–H groups in total. The Labute approximate surface area is 111 Å². The summed E-state index contributed by atoms with van der Waals surface area (Å²) in [6.45, 7) is 3.50. The number of rotatable bonds is 1. The average molecular weight is 257 g/mol. The van der Waals surface area contributed by atoms with Gasteiger partial charge in [-0.3, -0.25) is 4.79 Å². The fourth-order valence-corrected chi connectivity index (χ4v) is 2.17. The molecular weight excluding hydrogens is 242 g/mol. The van der Waals surface area contributed by atoms with Gasteiger partial charge in [-0.15, -0.1) is 0 Å². The van der Waals surface area contributed by atoms with Crippen molar-refractivity contribution in [2.45, 2.75) is 13.5 Å². The first-order chi connectivity index (χ1) is 9.24. The van der Waals surface area contributed by atoms with Gasteiger partial charge < -0.3 is 14.6 Å². The predicted molar refractivity (Wildman–Crippen MR) is 70.0 cm³/mol. The zero-order valence-corrected chi connectivity index (χ0v) is 10.7. The maximum Gasteiger partial charge on any atom is 0.290 e. The highest BCUT2D eigenvalue weighted by atomic mass is 16.5. The van der Waals surface area contributed by atoms with Crippen molar-refractivity contribution in [1.82, 2.24) is 14.9 Å².